The molecule has 1 aliphatic heterocycles. The minimum Gasteiger partial charge on any atom is -0.383 e. The number of likely N-dealkylation sites (tertiary alicyclic amines) is 1. The van der Waals surface area contributed by atoms with Crippen LogP contribution in [0.2, 0.25) is 0 Å². The number of aromatic nitrogens is 1. The van der Waals surface area contributed by atoms with Crippen LogP contribution >= 0.6 is 0 Å². The zero-order valence-corrected chi connectivity index (χ0v) is 13.2. The molecule has 7 heteroatoms. The first-order valence-electron chi connectivity index (χ1n) is 7.29. The molecule has 0 saturated carbocycles. The molecule has 22 heavy (non-hydrogen) atoms. The highest BCUT2D eigenvalue weighted by Gasteiger charge is 2.29. The number of piperidine rings is 1. The Morgan fingerprint density at radius 1 is 1.36 bits per heavy atom. The van der Waals surface area contributed by atoms with Crippen LogP contribution in [0, 0.1) is 6.92 Å². The molecule has 0 N–H and O–H groups in total. The summed E-state index contributed by atoms with van der Waals surface area (Å²) in [7, 11) is 8.99. The summed E-state index contributed by atoms with van der Waals surface area (Å²) in [5.74, 6) is 0.125. The lowest BCUT2D eigenvalue weighted by Crippen LogP contribution is -2.37. The van der Waals surface area contributed by atoms with Crippen molar-refractivity contribution in [1.29, 1.82) is 0 Å². The molecule has 6 nitrogen and oxygen atoms in total. The third kappa shape index (κ3) is 3.58. The molecule has 2 heterocycles. The Kier molecular flexibility index (Phi) is 5.05. The number of aryl methyl sites for hydroxylation is 1. The average molecular weight is 301 g/mol. The number of rotatable bonds is 4. The molecular weight excluding hydrogens is 281 g/mol. The van der Waals surface area contributed by atoms with Crippen LogP contribution < -0.4 is 0 Å². The molecule has 1 fully saturated rings. The molecule has 0 spiro atoms. The number of hydrogen-bond acceptors (Lipinski definition) is 5. The van der Waals surface area contributed by atoms with E-state index >= 15 is 0 Å². The predicted molar refractivity (Wildman–Crippen MR) is 83.1 cm³/mol. The van der Waals surface area contributed by atoms with Crippen molar-refractivity contribution >= 4 is 19.4 Å². The summed E-state index contributed by atoms with van der Waals surface area (Å²) in [6.45, 7) is 2.89. The molecule has 0 atom stereocenters. The van der Waals surface area contributed by atoms with Crippen LogP contribution in [-0.2, 0) is 0 Å². The van der Waals surface area contributed by atoms with Gasteiger partial charge in [-0.3, -0.25) is 9.59 Å². The van der Waals surface area contributed by atoms with Crippen molar-refractivity contribution in [1.82, 2.24) is 15.0 Å². The highest BCUT2D eigenvalue weighted by atomic mass is 16.5. The van der Waals surface area contributed by atoms with Gasteiger partial charge >= 0.3 is 0 Å². The molecule has 0 bridgehead atoms. The number of nitrogens with zero attached hydrogens (tertiary/aromatic N) is 3. The summed E-state index contributed by atoms with van der Waals surface area (Å²) in [4.78, 5) is 26.9. The Hall–Kier alpha value is -2.05. The normalized spacial score (nSPS) is 16.2. The van der Waals surface area contributed by atoms with E-state index in [1.807, 2.05) is 14.1 Å². The van der Waals surface area contributed by atoms with Crippen molar-refractivity contribution in [2.45, 2.75) is 25.7 Å². The first-order valence-corrected chi connectivity index (χ1v) is 7.29. The van der Waals surface area contributed by atoms with E-state index in [1.54, 1.807) is 22.9 Å². The number of amides is 1. The minimum absolute atomic E-state index is 0.111. The van der Waals surface area contributed by atoms with Crippen molar-refractivity contribution in [2.75, 3.05) is 27.2 Å². The highest BCUT2D eigenvalue weighted by Crippen LogP contribution is 2.31. The van der Waals surface area contributed by atoms with E-state index in [-0.39, 0.29) is 11.7 Å². The van der Waals surface area contributed by atoms with Gasteiger partial charge in [-0.15, -0.1) is 0 Å². The largest absolute Gasteiger partial charge is 0.383 e. The standard InChI is InChI=1S/C15H20BN3O3/c1-10-13(12(20)6-7-18(2)3)14(17-22-10)11-4-8-19(9-5-11)15(16)21/h6-7,11H,4-5,8-9H2,1-3H3/b7-6+. The molecule has 0 aliphatic carbocycles. The fourth-order valence-electron chi connectivity index (χ4n) is 2.64. The van der Waals surface area contributed by atoms with Gasteiger partial charge in [0, 0.05) is 45.4 Å². The quantitative estimate of drug-likeness (QED) is 0.481. The van der Waals surface area contributed by atoms with Crippen LogP contribution in [0.25, 0.3) is 0 Å². The number of carbonyl (C=O) groups is 2. The average Bonchev–Trinajstić information content (AvgIpc) is 2.86. The predicted octanol–water partition coefficient (Wildman–Crippen LogP) is 1.71. The zero-order valence-electron chi connectivity index (χ0n) is 13.2. The van der Waals surface area contributed by atoms with Gasteiger partial charge in [-0.05, 0) is 19.8 Å². The lowest BCUT2D eigenvalue weighted by atomic mass is 9.88. The minimum atomic E-state index is -0.403. The number of ketones is 1. The van der Waals surface area contributed by atoms with Gasteiger partial charge in [-0.25, -0.2) is 0 Å². The molecule has 2 radical (unpaired) electrons. The number of allylic oxidation sites excluding steroid dienone is 1. The van der Waals surface area contributed by atoms with Gasteiger partial charge in [0.1, 0.15) is 5.76 Å². The Labute approximate surface area is 131 Å². The first-order chi connectivity index (χ1) is 10.4. The fraction of sp³-hybridized carbons (Fsp3) is 0.533. The topological polar surface area (TPSA) is 66.7 Å². The van der Waals surface area contributed by atoms with Gasteiger partial charge in [-0.1, -0.05) is 5.16 Å². The summed E-state index contributed by atoms with van der Waals surface area (Å²) in [6.07, 6.45) is 4.68. The second kappa shape index (κ2) is 6.81. The third-order valence-electron chi connectivity index (χ3n) is 3.85. The molecule has 2 rings (SSSR count). The second-order valence-corrected chi connectivity index (χ2v) is 5.74. The van der Waals surface area contributed by atoms with E-state index < -0.39 is 5.81 Å². The fourth-order valence-corrected chi connectivity index (χ4v) is 2.64. The summed E-state index contributed by atoms with van der Waals surface area (Å²) in [6, 6.07) is 0. The van der Waals surface area contributed by atoms with Crippen LogP contribution in [0.3, 0.4) is 0 Å². The maximum Gasteiger partial charge on any atom is 0.200 e. The van der Waals surface area contributed by atoms with Gasteiger partial charge in [0.15, 0.2) is 11.6 Å². The SMILES string of the molecule is [B]C(=O)N1CCC(c2noc(C)c2C(=O)/C=C/N(C)C)CC1. The smallest absolute Gasteiger partial charge is 0.200 e. The lowest BCUT2D eigenvalue weighted by molar-refractivity contribution is 0.104. The van der Waals surface area contributed by atoms with Gasteiger partial charge in [0.2, 0.25) is 7.85 Å². The Morgan fingerprint density at radius 3 is 2.55 bits per heavy atom. The Balaban J connectivity index is 2.16. The molecule has 1 aromatic rings. The van der Waals surface area contributed by atoms with Crippen molar-refractivity contribution in [3.8, 4) is 0 Å². The molecule has 1 saturated heterocycles. The van der Waals surface area contributed by atoms with E-state index in [9.17, 15) is 9.59 Å². The molecule has 1 amide bonds. The van der Waals surface area contributed by atoms with Crippen LogP contribution in [0.5, 0.6) is 0 Å². The van der Waals surface area contributed by atoms with Crippen LogP contribution in [0.15, 0.2) is 16.8 Å². The first kappa shape index (κ1) is 16.3. The Morgan fingerprint density at radius 2 is 2.00 bits per heavy atom. The van der Waals surface area contributed by atoms with Crippen molar-refractivity contribution in [2.24, 2.45) is 0 Å². The van der Waals surface area contributed by atoms with E-state index in [2.05, 4.69) is 5.16 Å². The maximum atomic E-state index is 12.4. The van der Waals surface area contributed by atoms with Gasteiger partial charge in [0.25, 0.3) is 0 Å². The van der Waals surface area contributed by atoms with Crippen LogP contribution in [0.4, 0.5) is 4.79 Å². The molecule has 116 valence electrons. The van der Waals surface area contributed by atoms with Gasteiger partial charge in [0.05, 0.1) is 11.3 Å². The molecule has 1 aliphatic rings. The molecule has 0 unspecified atom stereocenters. The number of carbonyl (C=O) groups excluding carboxylic acids is 2. The molecule has 1 aromatic heterocycles. The summed E-state index contributed by atoms with van der Waals surface area (Å²) in [5, 5.41) is 4.08. The maximum absolute atomic E-state index is 12.4. The van der Waals surface area contributed by atoms with Gasteiger partial charge in [-0.2, -0.15) is 0 Å². The monoisotopic (exact) mass is 301 g/mol. The van der Waals surface area contributed by atoms with E-state index in [0.29, 0.717) is 30.1 Å². The van der Waals surface area contributed by atoms with E-state index in [1.165, 1.54) is 6.08 Å². The highest BCUT2D eigenvalue weighted by molar-refractivity contribution is 6.56. The summed E-state index contributed by atoms with van der Waals surface area (Å²) in [5.41, 5.74) is 1.23. The summed E-state index contributed by atoms with van der Waals surface area (Å²) >= 11 is 0. The molecule has 0 aromatic carbocycles. The summed E-state index contributed by atoms with van der Waals surface area (Å²) < 4.78 is 5.23. The van der Waals surface area contributed by atoms with Crippen molar-refractivity contribution in [3.05, 3.63) is 29.3 Å². The van der Waals surface area contributed by atoms with E-state index in [0.717, 1.165) is 12.8 Å². The molecular formula is C15H20BN3O3. The number of hydrogen-bond donors (Lipinski definition) is 0. The van der Waals surface area contributed by atoms with Gasteiger partial charge < -0.3 is 14.3 Å². The lowest BCUT2D eigenvalue weighted by Gasteiger charge is -2.31. The third-order valence-corrected chi connectivity index (χ3v) is 3.85. The van der Waals surface area contributed by atoms with Crippen LogP contribution in [-0.4, -0.2) is 61.6 Å². The van der Waals surface area contributed by atoms with Crippen molar-refractivity contribution in [3.63, 3.8) is 0 Å². The van der Waals surface area contributed by atoms with Crippen LogP contribution in [0.1, 0.15) is 40.6 Å². The zero-order chi connectivity index (χ0) is 16.3. The second-order valence-electron chi connectivity index (χ2n) is 5.74. The Bertz CT molecular complexity index is 587. The van der Waals surface area contributed by atoms with Crippen molar-refractivity contribution < 1.29 is 14.1 Å². The van der Waals surface area contributed by atoms with E-state index in [4.69, 9.17) is 12.4 Å².